The van der Waals surface area contributed by atoms with Crippen LogP contribution in [0.3, 0.4) is 0 Å². The number of alkyl halides is 1. The van der Waals surface area contributed by atoms with Crippen LogP contribution in [-0.4, -0.2) is 11.1 Å². The number of carbonyl (C=O) groups is 1. The molecular weight excluding hydrogens is 283 g/mol. The van der Waals surface area contributed by atoms with Gasteiger partial charge in [-0.05, 0) is 47.9 Å². The molecule has 1 aromatic rings. The summed E-state index contributed by atoms with van der Waals surface area (Å²) in [5.41, 5.74) is 2.25. The van der Waals surface area contributed by atoms with Crippen molar-refractivity contribution in [3.05, 3.63) is 34.6 Å². The van der Waals surface area contributed by atoms with Crippen molar-refractivity contribution in [2.45, 2.75) is 38.5 Å². The summed E-state index contributed by atoms with van der Waals surface area (Å²) in [6.07, 6.45) is 2.85. The van der Waals surface area contributed by atoms with E-state index < -0.39 is 0 Å². The highest BCUT2D eigenvalue weighted by molar-refractivity contribution is 9.09. The van der Waals surface area contributed by atoms with Gasteiger partial charge in [0.05, 0.1) is 5.33 Å². The van der Waals surface area contributed by atoms with Gasteiger partial charge in [0, 0.05) is 5.56 Å². The van der Waals surface area contributed by atoms with Crippen molar-refractivity contribution in [3.63, 3.8) is 0 Å². The normalized spacial score (nSPS) is 17.6. The highest BCUT2D eigenvalue weighted by atomic mass is 79.9. The molecular formula is C14H16BrFO. The van der Waals surface area contributed by atoms with Crippen LogP contribution >= 0.6 is 15.9 Å². The molecule has 1 aromatic carbocycles. The molecule has 1 nitrogen and oxygen atoms in total. The van der Waals surface area contributed by atoms with E-state index in [2.05, 4.69) is 29.8 Å². The molecule has 0 heterocycles. The van der Waals surface area contributed by atoms with Crippen molar-refractivity contribution >= 4 is 21.7 Å². The molecule has 0 aliphatic heterocycles. The monoisotopic (exact) mass is 298 g/mol. The third kappa shape index (κ3) is 2.30. The molecule has 0 radical (unpaired) electrons. The first-order valence-corrected chi connectivity index (χ1v) is 7.00. The smallest absolute Gasteiger partial charge is 0.173 e. The van der Waals surface area contributed by atoms with Gasteiger partial charge in [-0.15, -0.1) is 0 Å². The minimum atomic E-state index is -0.223. The van der Waals surface area contributed by atoms with Gasteiger partial charge in [-0.3, -0.25) is 4.79 Å². The van der Waals surface area contributed by atoms with Gasteiger partial charge in [0.25, 0.3) is 0 Å². The van der Waals surface area contributed by atoms with Crippen molar-refractivity contribution in [1.82, 2.24) is 0 Å². The molecule has 92 valence electrons. The Labute approximate surface area is 110 Å². The Hall–Kier alpha value is -0.700. The second-order valence-electron chi connectivity index (χ2n) is 5.28. The van der Waals surface area contributed by atoms with E-state index in [1.807, 2.05) is 6.07 Å². The quantitative estimate of drug-likeness (QED) is 0.595. The molecule has 0 saturated heterocycles. The molecule has 17 heavy (non-hydrogen) atoms. The summed E-state index contributed by atoms with van der Waals surface area (Å²) in [4.78, 5) is 11.6. The number of carbonyl (C=O) groups excluding carboxylic acids is 1. The molecule has 0 spiro atoms. The average molecular weight is 299 g/mol. The zero-order valence-electron chi connectivity index (χ0n) is 10.1. The zero-order chi connectivity index (χ0) is 12.6. The number of Topliss-reactive ketones (excluding diaryl/α,β-unsaturated/α-hetero) is 1. The number of hydrogen-bond acceptors (Lipinski definition) is 1. The maximum Gasteiger partial charge on any atom is 0.173 e. The molecule has 1 aliphatic rings. The molecule has 0 fully saturated rings. The Morgan fingerprint density at radius 2 is 2.18 bits per heavy atom. The largest absolute Gasteiger partial charge is 0.293 e. The molecule has 0 atom stereocenters. The van der Waals surface area contributed by atoms with Crippen molar-refractivity contribution in [2.75, 3.05) is 5.33 Å². The molecule has 0 N–H and O–H groups in total. The van der Waals surface area contributed by atoms with E-state index >= 15 is 0 Å². The fraction of sp³-hybridized carbons (Fsp3) is 0.500. The lowest BCUT2D eigenvalue weighted by Gasteiger charge is -2.33. The first kappa shape index (κ1) is 12.7. The van der Waals surface area contributed by atoms with Gasteiger partial charge >= 0.3 is 0 Å². The van der Waals surface area contributed by atoms with Crippen molar-refractivity contribution in [3.8, 4) is 0 Å². The summed E-state index contributed by atoms with van der Waals surface area (Å²) < 4.78 is 14.0. The molecule has 2 rings (SSSR count). The molecule has 1 aliphatic carbocycles. The molecule has 3 heteroatoms. The van der Waals surface area contributed by atoms with Crippen LogP contribution in [0.5, 0.6) is 0 Å². The third-order valence-corrected chi connectivity index (χ3v) is 4.11. The van der Waals surface area contributed by atoms with Crippen molar-refractivity contribution < 1.29 is 9.18 Å². The van der Waals surface area contributed by atoms with E-state index in [0.717, 1.165) is 30.4 Å². The summed E-state index contributed by atoms with van der Waals surface area (Å²) in [6.45, 7) is 4.24. The fourth-order valence-electron chi connectivity index (χ4n) is 2.57. The Kier molecular flexibility index (Phi) is 3.39. The molecule has 0 aromatic heterocycles. The van der Waals surface area contributed by atoms with Crippen LogP contribution < -0.4 is 0 Å². The summed E-state index contributed by atoms with van der Waals surface area (Å²) >= 11 is 3.13. The lowest BCUT2D eigenvalue weighted by atomic mass is 9.72. The summed E-state index contributed by atoms with van der Waals surface area (Å²) in [6, 6.07) is 3.25. The van der Waals surface area contributed by atoms with E-state index in [-0.39, 0.29) is 22.3 Å². The van der Waals surface area contributed by atoms with Crippen LogP contribution in [0.15, 0.2) is 12.1 Å². The van der Waals surface area contributed by atoms with Crippen molar-refractivity contribution in [2.24, 2.45) is 0 Å². The first-order valence-electron chi connectivity index (χ1n) is 5.88. The standard InChI is InChI=1S/C14H16BrFO/c1-14(2)5-3-4-10-11(14)6-9(7-12(10)16)13(17)8-15/h6-7H,3-5,8H2,1-2H3. The van der Waals surface area contributed by atoms with E-state index in [1.165, 1.54) is 6.07 Å². The highest BCUT2D eigenvalue weighted by Crippen LogP contribution is 2.38. The van der Waals surface area contributed by atoms with Crippen LogP contribution in [-0.2, 0) is 11.8 Å². The Morgan fingerprint density at radius 3 is 2.82 bits per heavy atom. The summed E-state index contributed by atoms with van der Waals surface area (Å²) in [5.74, 6) is -0.285. The number of rotatable bonds is 2. The first-order chi connectivity index (χ1) is 7.95. The Balaban J connectivity index is 2.58. The van der Waals surface area contributed by atoms with Crippen LogP contribution in [0.2, 0.25) is 0 Å². The Morgan fingerprint density at radius 1 is 1.47 bits per heavy atom. The minimum absolute atomic E-state index is 0.0307. The van der Waals surface area contributed by atoms with Gasteiger partial charge in [0.15, 0.2) is 5.78 Å². The molecule has 0 bridgehead atoms. The summed E-state index contributed by atoms with van der Waals surface area (Å²) in [7, 11) is 0. The number of fused-ring (bicyclic) bond motifs is 1. The predicted octanol–water partition coefficient (Wildman–Crippen LogP) is 4.02. The predicted molar refractivity (Wildman–Crippen MR) is 70.5 cm³/mol. The molecule has 0 amide bonds. The number of halogens is 2. The van der Waals surface area contributed by atoms with Gasteiger partial charge in [0.2, 0.25) is 0 Å². The highest BCUT2D eigenvalue weighted by Gasteiger charge is 2.30. The van der Waals surface area contributed by atoms with Crippen molar-refractivity contribution in [1.29, 1.82) is 0 Å². The van der Waals surface area contributed by atoms with Gasteiger partial charge in [-0.2, -0.15) is 0 Å². The van der Waals surface area contributed by atoms with Gasteiger partial charge in [-0.25, -0.2) is 4.39 Å². The minimum Gasteiger partial charge on any atom is -0.293 e. The van der Waals surface area contributed by atoms with Crippen LogP contribution in [0.4, 0.5) is 4.39 Å². The molecule has 0 saturated carbocycles. The van der Waals surface area contributed by atoms with E-state index in [1.54, 1.807) is 0 Å². The van der Waals surface area contributed by atoms with Gasteiger partial charge in [0.1, 0.15) is 5.82 Å². The number of benzene rings is 1. The van der Waals surface area contributed by atoms with Gasteiger partial charge in [-0.1, -0.05) is 29.8 Å². The lowest BCUT2D eigenvalue weighted by molar-refractivity contribution is 0.102. The fourth-order valence-corrected chi connectivity index (χ4v) is 2.90. The van der Waals surface area contributed by atoms with Crippen LogP contribution in [0.1, 0.15) is 48.2 Å². The van der Waals surface area contributed by atoms with Gasteiger partial charge < -0.3 is 0 Å². The SMILES string of the molecule is CC1(C)CCCc2c(F)cc(C(=O)CBr)cc21. The topological polar surface area (TPSA) is 17.1 Å². The number of ketones is 1. The second-order valence-corrected chi connectivity index (χ2v) is 5.84. The maximum absolute atomic E-state index is 14.0. The zero-order valence-corrected chi connectivity index (χ0v) is 11.7. The van der Waals surface area contributed by atoms with E-state index in [0.29, 0.717) is 5.56 Å². The lowest BCUT2D eigenvalue weighted by Crippen LogP contribution is -2.25. The third-order valence-electron chi connectivity index (χ3n) is 3.60. The Bertz CT molecular complexity index is 466. The average Bonchev–Trinajstić information content (AvgIpc) is 2.28. The number of hydrogen-bond donors (Lipinski definition) is 0. The summed E-state index contributed by atoms with van der Waals surface area (Å²) in [5, 5.41) is 0.242. The van der Waals surface area contributed by atoms with E-state index in [9.17, 15) is 9.18 Å². The molecule has 0 unspecified atom stereocenters. The van der Waals surface area contributed by atoms with E-state index in [4.69, 9.17) is 0 Å². The maximum atomic E-state index is 14.0. The van der Waals surface area contributed by atoms with Crippen LogP contribution in [0.25, 0.3) is 0 Å². The second kappa shape index (κ2) is 4.52. The van der Waals surface area contributed by atoms with Crippen LogP contribution in [0, 0.1) is 5.82 Å².